The van der Waals surface area contributed by atoms with Crippen LogP contribution in [0.3, 0.4) is 0 Å². The molecule has 0 unspecified atom stereocenters. The van der Waals surface area contributed by atoms with Crippen LogP contribution >= 0.6 is 15.9 Å². The Kier molecular flexibility index (Phi) is 2.91. The van der Waals surface area contributed by atoms with Gasteiger partial charge in [0.05, 0.1) is 5.56 Å². The van der Waals surface area contributed by atoms with Crippen molar-refractivity contribution in [2.24, 2.45) is 0 Å². The minimum atomic E-state index is 0.292. The SMILES string of the molecule is Cc1cc(-c2noc(N)c2-c2ccccc2Br)co1. The first kappa shape index (κ1) is 12.0. The third-order valence-corrected chi connectivity index (χ3v) is 3.56. The highest BCUT2D eigenvalue weighted by Gasteiger charge is 2.20. The smallest absolute Gasteiger partial charge is 0.230 e. The summed E-state index contributed by atoms with van der Waals surface area (Å²) in [6, 6.07) is 9.70. The summed E-state index contributed by atoms with van der Waals surface area (Å²) in [6.07, 6.45) is 1.65. The van der Waals surface area contributed by atoms with E-state index in [1.54, 1.807) is 6.26 Å². The number of hydrogen-bond donors (Lipinski definition) is 1. The molecular formula is C14H11BrN2O2. The molecule has 19 heavy (non-hydrogen) atoms. The maximum atomic E-state index is 5.91. The first-order chi connectivity index (χ1) is 9.16. The molecule has 0 spiro atoms. The van der Waals surface area contributed by atoms with Gasteiger partial charge in [0.2, 0.25) is 5.88 Å². The molecular weight excluding hydrogens is 308 g/mol. The minimum Gasteiger partial charge on any atom is -0.469 e. The second-order valence-electron chi connectivity index (χ2n) is 4.20. The summed E-state index contributed by atoms with van der Waals surface area (Å²) in [7, 11) is 0. The highest BCUT2D eigenvalue weighted by Crippen LogP contribution is 2.39. The number of aromatic nitrogens is 1. The van der Waals surface area contributed by atoms with Crippen LogP contribution in [0.1, 0.15) is 5.76 Å². The standard InChI is InChI=1S/C14H11BrN2O2/c1-8-6-9(7-18-8)13-12(14(16)19-17-13)10-4-2-3-5-11(10)15/h2-7H,16H2,1H3. The van der Waals surface area contributed by atoms with E-state index in [0.29, 0.717) is 11.6 Å². The van der Waals surface area contributed by atoms with Crippen LogP contribution in [0.25, 0.3) is 22.4 Å². The molecule has 4 nitrogen and oxygen atoms in total. The predicted molar refractivity (Wildman–Crippen MR) is 76.5 cm³/mol. The quantitative estimate of drug-likeness (QED) is 0.766. The summed E-state index contributed by atoms with van der Waals surface area (Å²) < 4.78 is 11.4. The van der Waals surface area contributed by atoms with Crippen molar-refractivity contribution in [1.29, 1.82) is 0 Å². The Labute approximate surface area is 118 Å². The topological polar surface area (TPSA) is 65.2 Å². The monoisotopic (exact) mass is 318 g/mol. The van der Waals surface area contributed by atoms with E-state index in [-0.39, 0.29) is 0 Å². The Morgan fingerprint density at radius 2 is 2.05 bits per heavy atom. The average Bonchev–Trinajstić information content (AvgIpc) is 2.96. The molecule has 0 saturated heterocycles. The normalized spacial score (nSPS) is 10.8. The molecule has 0 fully saturated rings. The fraction of sp³-hybridized carbons (Fsp3) is 0.0714. The number of halogens is 1. The molecule has 0 aliphatic rings. The zero-order chi connectivity index (χ0) is 13.4. The lowest BCUT2D eigenvalue weighted by atomic mass is 10.0. The van der Waals surface area contributed by atoms with Gasteiger partial charge < -0.3 is 14.7 Å². The van der Waals surface area contributed by atoms with Gasteiger partial charge in [0.1, 0.15) is 17.7 Å². The van der Waals surface area contributed by atoms with Crippen LogP contribution in [-0.2, 0) is 0 Å². The van der Waals surface area contributed by atoms with Crippen molar-refractivity contribution in [1.82, 2.24) is 5.16 Å². The van der Waals surface area contributed by atoms with Crippen LogP contribution in [0, 0.1) is 6.92 Å². The fourth-order valence-corrected chi connectivity index (χ4v) is 2.47. The zero-order valence-corrected chi connectivity index (χ0v) is 11.8. The third-order valence-electron chi connectivity index (χ3n) is 2.87. The van der Waals surface area contributed by atoms with Crippen molar-refractivity contribution in [2.75, 3.05) is 5.73 Å². The maximum absolute atomic E-state index is 5.91. The molecule has 3 aromatic rings. The van der Waals surface area contributed by atoms with Crippen LogP contribution in [0.4, 0.5) is 5.88 Å². The van der Waals surface area contributed by atoms with Crippen molar-refractivity contribution in [3.63, 3.8) is 0 Å². The van der Waals surface area contributed by atoms with Gasteiger partial charge >= 0.3 is 0 Å². The van der Waals surface area contributed by atoms with Gasteiger partial charge in [-0.1, -0.05) is 39.3 Å². The lowest BCUT2D eigenvalue weighted by Gasteiger charge is -2.03. The van der Waals surface area contributed by atoms with Gasteiger partial charge in [-0.2, -0.15) is 0 Å². The van der Waals surface area contributed by atoms with Crippen molar-refractivity contribution in [3.05, 3.63) is 46.8 Å². The molecule has 5 heteroatoms. The molecule has 0 aliphatic carbocycles. The van der Waals surface area contributed by atoms with E-state index in [0.717, 1.165) is 26.9 Å². The second kappa shape index (κ2) is 4.59. The van der Waals surface area contributed by atoms with Gasteiger partial charge in [0.25, 0.3) is 0 Å². The highest BCUT2D eigenvalue weighted by molar-refractivity contribution is 9.10. The molecule has 0 radical (unpaired) electrons. The van der Waals surface area contributed by atoms with Gasteiger partial charge in [0, 0.05) is 15.6 Å². The molecule has 2 N–H and O–H groups in total. The summed E-state index contributed by atoms with van der Waals surface area (Å²) in [5.41, 5.74) is 9.15. The van der Waals surface area contributed by atoms with Crippen molar-refractivity contribution in [2.45, 2.75) is 6.92 Å². The summed E-state index contributed by atoms with van der Waals surface area (Å²) in [5.74, 6) is 1.11. The number of nitrogens with two attached hydrogens (primary N) is 1. The molecule has 3 rings (SSSR count). The predicted octanol–water partition coefficient (Wildman–Crippen LogP) is 4.25. The lowest BCUT2D eigenvalue weighted by molar-refractivity contribution is 0.439. The Hall–Kier alpha value is -2.01. The number of rotatable bonds is 2. The van der Waals surface area contributed by atoms with Crippen LogP contribution in [0.5, 0.6) is 0 Å². The van der Waals surface area contributed by atoms with Gasteiger partial charge in [-0.3, -0.25) is 0 Å². The summed E-state index contributed by atoms with van der Waals surface area (Å²) in [4.78, 5) is 0. The van der Waals surface area contributed by atoms with Gasteiger partial charge in [-0.15, -0.1) is 0 Å². The number of furan rings is 1. The van der Waals surface area contributed by atoms with Crippen LogP contribution in [0.15, 0.2) is 50.0 Å². The molecule has 0 bridgehead atoms. The van der Waals surface area contributed by atoms with E-state index in [9.17, 15) is 0 Å². The summed E-state index contributed by atoms with van der Waals surface area (Å²) in [5, 5.41) is 4.04. The number of anilines is 1. The van der Waals surface area contributed by atoms with Gasteiger partial charge in [0.15, 0.2) is 0 Å². The van der Waals surface area contributed by atoms with E-state index in [1.807, 2.05) is 37.3 Å². The van der Waals surface area contributed by atoms with Crippen LogP contribution in [-0.4, -0.2) is 5.16 Å². The number of nitrogens with zero attached hydrogens (tertiary/aromatic N) is 1. The zero-order valence-electron chi connectivity index (χ0n) is 10.2. The molecule has 0 aliphatic heterocycles. The van der Waals surface area contributed by atoms with Crippen molar-refractivity contribution < 1.29 is 8.94 Å². The number of benzene rings is 1. The van der Waals surface area contributed by atoms with E-state index < -0.39 is 0 Å². The van der Waals surface area contributed by atoms with E-state index in [4.69, 9.17) is 14.7 Å². The van der Waals surface area contributed by atoms with Gasteiger partial charge in [-0.05, 0) is 19.1 Å². The molecule has 2 aromatic heterocycles. The number of hydrogen-bond acceptors (Lipinski definition) is 4. The summed E-state index contributed by atoms with van der Waals surface area (Å²) >= 11 is 3.52. The van der Waals surface area contributed by atoms with Crippen LogP contribution in [0.2, 0.25) is 0 Å². The first-order valence-corrected chi connectivity index (χ1v) is 6.51. The Morgan fingerprint density at radius 3 is 2.74 bits per heavy atom. The molecule has 0 amide bonds. The highest BCUT2D eigenvalue weighted by atomic mass is 79.9. The second-order valence-corrected chi connectivity index (χ2v) is 5.05. The van der Waals surface area contributed by atoms with E-state index in [2.05, 4.69) is 21.1 Å². The first-order valence-electron chi connectivity index (χ1n) is 5.72. The maximum Gasteiger partial charge on any atom is 0.230 e. The Balaban J connectivity index is 2.22. The number of aryl methyl sites for hydroxylation is 1. The largest absolute Gasteiger partial charge is 0.469 e. The van der Waals surface area contributed by atoms with Crippen molar-refractivity contribution in [3.8, 4) is 22.4 Å². The molecule has 96 valence electrons. The molecule has 1 aromatic carbocycles. The molecule has 0 saturated carbocycles. The minimum absolute atomic E-state index is 0.292. The Morgan fingerprint density at radius 1 is 1.26 bits per heavy atom. The average molecular weight is 319 g/mol. The Bertz CT molecular complexity index is 731. The van der Waals surface area contributed by atoms with Crippen molar-refractivity contribution >= 4 is 21.8 Å². The fourth-order valence-electron chi connectivity index (χ4n) is 1.99. The lowest BCUT2D eigenvalue weighted by Crippen LogP contribution is -1.88. The summed E-state index contributed by atoms with van der Waals surface area (Å²) in [6.45, 7) is 1.88. The third kappa shape index (κ3) is 2.06. The number of nitrogen functional groups attached to an aromatic ring is 1. The van der Waals surface area contributed by atoms with Gasteiger partial charge in [-0.25, -0.2) is 0 Å². The van der Waals surface area contributed by atoms with E-state index >= 15 is 0 Å². The van der Waals surface area contributed by atoms with E-state index in [1.165, 1.54) is 0 Å². The molecule has 2 heterocycles. The van der Waals surface area contributed by atoms with Crippen LogP contribution < -0.4 is 5.73 Å². The molecule has 0 atom stereocenters.